The lowest BCUT2D eigenvalue weighted by molar-refractivity contribution is 0.145. The van der Waals surface area contributed by atoms with E-state index in [9.17, 15) is 0 Å². The molecular weight excluding hydrogens is 393 g/mol. The second-order valence-electron chi connectivity index (χ2n) is 4.99. The van der Waals surface area contributed by atoms with Crippen molar-refractivity contribution in [2.45, 2.75) is 39.8 Å². The monoisotopic (exact) mass is 421 g/mol. The van der Waals surface area contributed by atoms with Crippen LogP contribution in [0.4, 0.5) is 0 Å². The molecule has 0 aliphatic carbocycles. The molecular formula is C16H28IN3O2. The summed E-state index contributed by atoms with van der Waals surface area (Å²) in [5.41, 5.74) is 6.91. The predicted molar refractivity (Wildman–Crippen MR) is 102 cm³/mol. The molecule has 0 fully saturated rings. The molecule has 0 saturated carbocycles. The van der Waals surface area contributed by atoms with E-state index in [2.05, 4.69) is 10.3 Å². The molecule has 0 saturated heterocycles. The minimum Gasteiger partial charge on any atom is -0.491 e. The molecule has 0 amide bonds. The number of aliphatic imine (C=N–C) groups is 1. The van der Waals surface area contributed by atoms with Crippen molar-refractivity contribution in [3.05, 3.63) is 29.8 Å². The number of nitrogens with one attached hydrogen (secondary N) is 1. The zero-order valence-electron chi connectivity index (χ0n) is 13.7. The predicted octanol–water partition coefficient (Wildman–Crippen LogP) is 2.92. The van der Waals surface area contributed by atoms with Gasteiger partial charge in [0.1, 0.15) is 5.75 Å². The first kappa shape index (κ1) is 21.0. The molecule has 22 heavy (non-hydrogen) atoms. The van der Waals surface area contributed by atoms with Crippen molar-refractivity contribution >= 4 is 29.9 Å². The molecule has 1 rings (SSSR count). The lowest BCUT2D eigenvalue weighted by atomic mass is 10.2. The van der Waals surface area contributed by atoms with Crippen molar-refractivity contribution in [2.24, 2.45) is 10.7 Å². The van der Waals surface area contributed by atoms with Crippen LogP contribution in [0.2, 0.25) is 0 Å². The zero-order valence-corrected chi connectivity index (χ0v) is 16.0. The number of ether oxygens (including phenoxy) is 2. The van der Waals surface area contributed by atoms with Gasteiger partial charge in [0.05, 0.1) is 12.6 Å². The summed E-state index contributed by atoms with van der Waals surface area (Å²) in [6.07, 6.45) is 1.11. The number of benzene rings is 1. The highest BCUT2D eigenvalue weighted by atomic mass is 127. The Balaban J connectivity index is 0.00000441. The fraction of sp³-hybridized carbons (Fsp3) is 0.562. The standard InChI is InChI=1S/C16H27N3O2.HI/c1-4-20-11-5-10-18-16(17)19-12-14-6-8-15(9-7-14)21-13(2)3;/h6-9,13H,4-5,10-12H2,1-3H3,(H3,17,18,19);1H. The van der Waals surface area contributed by atoms with Crippen LogP contribution in [0, 0.1) is 0 Å². The van der Waals surface area contributed by atoms with E-state index in [-0.39, 0.29) is 30.1 Å². The average molecular weight is 421 g/mol. The van der Waals surface area contributed by atoms with E-state index in [1.54, 1.807) is 0 Å². The quantitative estimate of drug-likeness (QED) is 0.279. The number of hydrogen-bond acceptors (Lipinski definition) is 3. The van der Waals surface area contributed by atoms with Gasteiger partial charge in [-0.3, -0.25) is 0 Å². The topological polar surface area (TPSA) is 68.9 Å². The van der Waals surface area contributed by atoms with Gasteiger partial charge in [-0.05, 0) is 44.9 Å². The summed E-state index contributed by atoms with van der Waals surface area (Å²) < 4.78 is 10.8. The van der Waals surface area contributed by atoms with Crippen LogP contribution in [0.25, 0.3) is 0 Å². The summed E-state index contributed by atoms with van der Waals surface area (Å²) in [6.45, 7) is 8.84. The Morgan fingerprint density at radius 2 is 1.95 bits per heavy atom. The minimum absolute atomic E-state index is 0. The molecule has 1 aromatic rings. The molecule has 6 heteroatoms. The maximum absolute atomic E-state index is 5.81. The first-order chi connectivity index (χ1) is 10.1. The van der Waals surface area contributed by atoms with Crippen LogP contribution in [0.5, 0.6) is 5.75 Å². The smallest absolute Gasteiger partial charge is 0.188 e. The van der Waals surface area contributed by atoms with E-state index in [4.69, 9.17) is 15.2 Å². The molecule has 5 nitrogen and oxygen atoms in total. The van der Waals surface area contributed by atoms with Gasteiger partial charge in [-0.25, -0.2) is 4.99 Å². The highest BCUT2D eigenvalue weighted by Gasteiger charge is 1.98. The van der Waals surface area contributed by atoms with Crippen LogP contribution in [0.3, 0.4) is 0 Å². The lowest BCUT2D eigenvalue weighted by Crippen LogP contribution is -2.32. The molecule has 0 unspecified atom stereocenters. The summed E-state index contributed by atoms with van der Waals surface area (Å²) >= 11 is 0. The molecule has 0 aliphatic rings. The van der Waals surface area contributed by atoms with E-state index in [0.29, 0.717) is 12.5 Å². The molecule has 126 valence electrons. The highest BCUT2D eigenvalue weighted by Crippen LogP contribution is 2.14. The normalized spacial score (nSPS) is 11.2. The maximum Gasteiger partial charge on any atom is 0.188 e. The third kappa shape index (κ3) is 9.83. The Kier molecular flexibility index (Phi) is 11.9. The van der Waals surface area contributed by atoms with Gasteiger partial charge in [-0.2, -0.15) is 0 Å². The molecule has 0 radical (unpaired) electrons. The summed E-state index contributed by atoms with van der Waals surface area (Å²) in [5.74, 6) is 1.34. The van der Waals surface area contributed by atoms with Crippen LogP contribution in [-0.4, -0.2) is 31.8 Å². The minimum atomic E-state index is 0. The second-order valence-corrected chi connectivity index (χ2v) is 4.99. The maximum atomic E-state index is 5.81. The van der Waals surface area contributed by atoms with E-state index in [0.717, 1.165) is 37.5 Å². The number of guanidine groups is 1. The van der Waals surface area contributed by atoms with Crippen molar-refractivity contribution in [3.8, 4) is 5.75 Å². The Morgan fingerprint density at radius 3 is 2.55 bits per heavy atom. The van der Waals surface area contributed by atoms with Crippen molar-refractivity contribution < 1.29 is 9.47 Å². The Morgan fingerprint density at radius 1 is 1.27 bits per heavy atom. The molecule has 0 bridgehead atoms. The van der Waals surface area contributed by atoms with Gasteiger partial charge >= 0.3 is 0 Å². The van der Waals surface area contributed by atoms with Gasteiger partial charge in [-0.15, -0.1) is 24.0 Å². The highest BCUT2D eigenvalue weighted by molar-refractivity contribution is 14.0. The van der Waals surface area contributed by atoms with Crippen LogP contribution in [0.15, 0.2) is 29.3 Å². The molecule has 0 aliphatic heterocycles. The summed E-state index contributed by atoms with van der Waals surface area (Å²) in [5, 5.41) is 3.07. The third-order valence-corrected chi connectivity index (χ3v) is 2.70. The lowest BCUT2D eigenvalue weighted by Gasteiger charge is -2.09. The van der Waals surface area contributed by atoms with E-state index in [1.165, 1.54) is 0 Å². The van der Waals surface area contributed by atoms with Crippen LogP contribution < -0.4 is 15.8 Å². The van der Waals surface area contributed by atoms with Gasteiger partial charge in [-0.1, -0.05) is 12.1 Å². The zero-order chi connectivity index (χ0) is 15.5. The van der Waals surface area contributed by atoms with Gasteiger partial charge in [0.15, 0.2) is 5.96 Å². The fourth-order valence-corrected chi connectivity index (χ4v) is 1.71. The van der Waals surface area contributed by atoms with Crippen LogP contribution in [-0.2, 0) is 11.3 Å². The Hall–Kier alpha value is -1.02. The molecule has 0 spiro atoms. The summed E-state index contributed by atoms with van der Waals surface area (Å²) in [4.78, 5) is 4.30. The van der Waals surface area contributed by atoms with Crippen LogP contribution >= 0.6 is 24.0 Å². The van der Waals surface area contributed by atoms with E-state index < -0.39 is 0 Å². The molecule has 0 aromatic heterocycles. The van der Waals surface area contributed by atoms with Crippen molar-refractivity contribution in [3.63, 3.8) is 0 Å². The SMILES string of the molecule is CCOCCCNC(N)=NCc1ccc(OC(C)C)cc1.I. The molecule has 1 aromatic carbocycles. The largest absolute Gasteiger partial charge is 0.491 e. The van der Waals surface area contributed by atoms with Crippen molar-refractivity contribution in [1.29, 1.82) is 0 Å². The first-order valence-corrected chi connectivity index (χ1v) is 7.49. The van der Waals surface area contributed by atoms with Gasteiger partial charge in [0.25, 0.3) is 0 Å². The molecule has 3 N–H and O–H groups in total. The fourth-order valence-electron chi connectivity index (χ4n) is 1.71. The van der Waals surface area contributed by atoms with E-state index >= 15 is 0 Å². The Labute approximate surface area is 150 Å². The summed E-state index contributed by atoms with van der Waals surface area (Å²) in [6, 6.07) is 7.92. The van der Waals surface area contributed by atoms with Gasteiger partial charge in [0.2, 0.25) is 0 Å². The molecule has 0 heterocycles. The first-order valence-electron chi connectivity index (χ1n) is 7.49. The number of halogens is 1. The van der Waals surface area contributed by atoms with Crippen LogP contribution in [0.1, 0.15) is 32.8 Å². The number of rotatable bonds is 9. The Bertz CT molecular complexity index is 422. The number of nitrogens with two attached hydrogens (primary N) is 1. The molecule has 0 atom stereocenters. The summed E-state index contributed by atoms with van der Waals surface area (Å²) in [7, 11) is 0. The number of hydrogen-bond donors (Lipinski definition) is 2. The van der Waals surface area contributed by atoms with E-state index in [1.807, 2.05) is 45.0 Å². The third-order valence-electron chi connectivity index (χ3n) is 2.70. The van der Waals surface area contributed by atoms with Gasteiger partial charge in [0, 0.05) is 19.8 Å². The second kappa shape index (κ2) is 12.5. The van der Waals surface area contributed by atoms with Gasteiger partial charge < -0.3 is 20.5 Å². The van der Waals surface area contributed by atoms with Crippen molar-refractivity contribution in [2.75, 3.05) is 19.8 Å². The number of nitrogens with zero attached hydrogens (tertiary/aromatic N) is 1. The average Bonchev–Trinajstić information content (AvgIpc) is 2.46. The van der Waals surface area contributed by atoms with Crippen molar-refractivity contribution in [1.82, 2.24) is 5.32 Å².